The average Bonchev–Trinajstić information content (AvgIpc) is 3.71. The Labute approximate surface area is 235 Å². The normalized spacial score (nSPS) is 27.7. The van der Waals surface area contributed by atoms with Crippen molar-refractivity contribution < 1.29 is 41.5 Å². The fourth-order valence-corrected chi connectivity index (χ4v) is 6.02. The van der Waals surface area contributed by atoms with Crippen molar-refractivity contribution in [1.29, 1.82) is 0 Å². The number of nitrogens with zero attached hydrogens (tertiary/aromatic N) is 7. The number of aromatic amines is 1. The average molecular weight is 630 g/mol. The predicted molar refractivity (Wildman–Crippen MR) is 141 cm³/mol. The van der Waals surface area contributed by atoms with Crippen molar-refractivity contribution in [3.63, 3.8) is 0 Å². The largest absolute Gasteiger partial charge is 0.382 e. The van der Waals surface area contributed by atoms with Crippen LogP contribution in [0.4, 0.5) is 16.2 Å². The summed E-state index contributed by atoms with van der Waals surface area (Å²) >= 11 is 0. The SMILES string of the molecule is Nc1nc2c(ncn2[C@H]2C[C@H](F)[C@@H](CO[PH](=O)O[C@H]3C[C@H](n4cnc5c(N)ncnc54)O[C@@H]3CO[PH](=O)O)O2)c(=O)[nH]1. The smallest absolute Gasteiger partial charge is 0.319 e. The first-order chi connectivity index (χ1) is 20.2. The summed E-state index contributed by atoms with van der Waals surface area (Å²) in [6.07, 6.45) is -2.03. The molecule has 8 atom stereocenters. The molecule has 42 heavy (non-hydrogen) atoms. The Bertz CT molecular complexity index is 1720. The lowest BCUT2D eigenvalue weighted by molar-refractivity contribution is -0.0407. The number of fused-ring (bicyclic) bond motifs is 2. The highest BCUT2D eigenvalue weighted by Crippen LogP contribution is 2.40. The molecule has 4 aromatic heterocycles. The molecule has 2 unspecified atom stereocenters. The van der Waals surface area contributed by atoms with Gasteiger partial charge in [-0.2, -0.15) is 4.98 Å². The molecule has 19 nitrogen and oxygen atoms in total. The number of halogens is 1. The quantitative estimate of drug-likeness (QED) is 0.171. The molecular weight excluding hydrogens is 605 g/mol. The molecule has 0 aromatic carbocycles. The number of ether oxygens (including phenoxy) is 2. The number of H-pyrrole nitrogens is 1. The van der Waals surface area contributed by atoms with Gasteiger partial charge >= 0.3 is 16.5 Å². The zero-order chi connectivity index (χ0) is 29.5. The molecule has 0 amide bonds. The van der Waals surface area contributed by atoms with Crippen LogP contribution < -0.4 is 17.0 Å². The Morgan fingerprint density at radius 2 is 1.69 bits per heavy atom. The van der Waals surface area contributed by atoms with Crippen LogP contribution >= 0.6 is 16.5 Å². The first-order valence-corrected chi connectivity index (χ1v) is 15.0. The maximum Gasteiger partial charge on any atom is 0.319 e. The first-order valence-electron chi connectivity index (χ1n) is 12.5. The van der Waals surface area contributed by atoms with Gasteiger partial charge in [-0.1, -0.05) is 0 Å². The minimum atomic E-state index is -3.29. The van der Waals surface area contributed by atoms with Gasteiger partial charge < -0.3 is 39.4 Å². The number of aromatic nitrogens is 8. The van der Waals surface area contributed by atoms with Gasteiger partial charge in [-0.3, -0.25) is 28.0 Å². The van der Waals surface area contributed by atoms with E-state index >= 15 is 0 Å². The third-order valence-electron chi connectivity index (χ3n) is 6.78. The van der Waals surface area contributed by atoms with Gasteiger partial charge in [0.15, 0.2) is 22.6 Å². The summed E-state index contributed by atoms with van der Waals surface area (Å²) in [5.74, 6) is 0.0335. The van der Waals surface area contributed by atoms with Crippen molar-refractivity contribution in [2.45, 2.75) is 49.8 Å². The number of hydrogen-bond acceptors (Lipinski definition) is 15. The van der Waals surface area contributed by atoms with Crippen LogP contribution in [0, 0.1) is 0 Å². The van der Waals surface area contributed by atoms with Gasteiger partial charge in [0.05, 0.1) is 32.0 Å². The Morgan fingerprint density at radius 3 is 2.48 bits per heavy atom. The summed E-state index contributed by atoms with van der Waals surface area (Å²) in [5.41, 5.74) is 11.8. The van der Waals surface area contributed by atoms with Crippen LogP contribution in [0.5, 0.6) is 0 Å². The van der Waals surface area contributed by atoms with E-state index in [0.717, 1.165) is 0 Å². The molecule has 22 heteroatoms. The summed E-state index contributed by atoms with van der Waals surface area (Å²) < 4.78 is 69.2. The van der Waals surface area contributed by atoms with Gasteiger partial charge in [0.2, 0.25) is 5.95 Å². The molecule has 2 aliphatic heterocycles. The van der Waals surface area contributed by atoms with Crippen LogP contribution in [0.15, 0.2) is 23.8 Å². The number of hydrogen-bond donors (Lipinski definition) is 4. The first kappa shape index (κ1) is 28.8. The second kappa shape index (κ2) is 11.7. The third kappa shape index (κ3) is 5.67. The Balaban J connectivity index is 1.09. The maximum absolute atomic E-state index is 14.8. The number of alkyl halides is 1. The van der Waals surface area contributed by atoms with Gasteiger partial charge in [0.1, 0.15) is 42.7 Å². The highest BCUT2D eigenvalue weighted by molar-refractivity contribution is 7.33. The van der Waals surface area contributed by atoms with Gasteiger partial charge in [-0.15, -0.1) is 0 Å². The highest BCUT2D eigenvalue weighted by Gasteiger charge is 2.41. The molecule has 6 heterocycles. The summed E-state index contributed by atoms with van der Waals surface area (Å²) in [6.45, 7) is -0.752. The Hall–Kier alpha value is -3.35. The molecule has 0 saturated carbocycles. The molecule has 4 aromatic rings. The second-order valence-corrected chi connectivity index (χ2v) is 11.2. The van der Waals surface area contributed by atoms with Gasteiger partial charge in [-0.25, -0.2) is 24.3 Å². The molecule has 0 bridgehead atoms. The summed E-state index contributed by atoms with van der Waals surface area (Å²) in [4.78, 5) is 43.8. The van der Waals surface area contributed by atoms with Crippen molar-refractivity contribution in [3.05, 3.63) is 29.3 Å². The van der Waals surface area contributed by atoms with Crippen LogP contribution in [-0.2, 0) is 32.2 Å². The molecule has 6 N–H and O–H groups in total. The lowest BCUT2D eigenvalue weighted by Crippen LogP contribution is -2.27. The number of nitrogen functional groups attached to an aromatic ring is 2. The van der Waals surface area contributed by atoms with E-state index in [1.807, 2.05) is 0 Å². The van der Waals surface area contributed by atoms with Gasteiger partial charge in [-0.05, 0) is 0 Å². The van der Waals surface area contributed by atoms with E-state index in [4.69, 9.17) is 39.4 Å². The number of nitrogens with two attached hydrogens (primary N) is 2. The van der Waals surface area contributed by atoms with Crippen LogP contribution in [0.2, 0.25) is 0 Å². The second-order valence-electron chi connectivity index (χ2n) is 9.40. The lowest BCUT2D eigenvalue weighted by Gasteiger charge is -2.19. The Morgan fingerprint density at radius 1 is 1.00 bits per heavy atom. The molecule has 0 spiro atoms. The maximum atomic E-state index is 14.8. The van der Waals surface area contributed by atoms with Crippen LogP contribution in [0.3, 0.4) is 0 Å². The number of rotatable bonds is 10. The van der Waals surface area contributed by atoms with Crippen LogP contribution in [0.1, 0.15) is 25.3 Å². The molecule has 0 radical (unpaired) electrons. The number of imidazole rings is 2. The van der Waals surface area contributed by atoms with Crippen molar-refractivity contribution >= 4 is 50.6 Å². The minimum Gasteiger partial charge on any atom is -0.382 e. The number of nitrogens with one attached hydrogen (secondary N) is 1. The van der Waals surface area contributed by atoms with Crippen molar-refractivity contribution in [3.8, 4) is 0 Å². The monoisotopic (exact) mass is 630 g/mol. The molecule has 2 aliphatic rings. The standard InChI is InChI=1S/C20H25FN10O9P2/c21-8-1-12(31-7-27-15-18(31)28-20(23)29-19(15)32)38-10(8)3-37-42(35)40-9-2-13(39-11(9)4-36-41(33)34)30-6-26-14-16(22)24-5-25-17(14)30/h5-13,41-42H,1-4H2,(H,33,34)(H2,22,24,25)(H3,23,28,29,32)/t8-,9-,10+,11+,12+,13+/m0/s1. The van der Waals surface area contributed by atoms with Gasteiger partial charge in [0, 0.05) is 12.8 Å². The van der Waals surface area contributed by atoms with Crippen molar-refractivity contribution in [2.24, 2.45) is 0 Å². The van der Waals surface area contributed by atoms with Gasteiger partial charge in [0.25, 0.3) is 5.56 Å². The van der Waals surface area contributed by atoms with Crippen LogP contribution in [-0.4, -0.2) is 81.6 Å². The molecule has 226 valence electrons. The molecule has 2 fully saturated rings. The summed E-state index contributed by atoms with van der Waals surface area (Å²) in [7, 11) is -6.53. The fourth-order valence-electron chi connectivity index (χ4n) is 4.85. The lowest BCUT2D eigenvalue weighted by atomic mass is 10.2. The van der Waals surface area contributed by atoms with E-state index in [2.05, 4.69) is 29.9 Å². The van der Waals surface area contributed by atoms with Crippen molar-refractivity contribution in [1.82, 2.24) is 39.0 Å². The summed E-state index contributed by atoms with van der Waals surface area (Å²) in [5, 5.41) is 0. The zero-order valence-electron chi connectivity index (χ0n) is 21.4. The molecule has 0 aliphatic carbocycles. The highest BCUT2D eigenvalue weighted by atomic mass is 31.1. The number of anilines is 2. The van der Waals surface area contributed by atoms with E-state index in [9.17, 15) is 18.3 Å². The van der Waals surface area contributed by atoms with E-state index < -0.39 is 65.6 Å². The van der Waals surface area contributed by atoms with Crippen molar-refractivity contribution in [2.75, 3.05) is 24.7 Å². The topological polar surface area (TPSA) is 260 Å². The van der Waals surface area contributed by atoms with E-state index in [1.165, 1.54) is 23.5 Å². The Kier molecular flexibility index (Phi) is 8.03. The van der Waals surface area contributed by atoms with E-state index in [1.54, 1.807) is 4.57 Å². The fraction of sp³-hybridized carbons (Fsp3) is 0.500. The zero-order valence-corrected chi connectivity index (χ0v) is 23.4. The molecular formula is C20H25FN10O9P2. The molecule has 2 saturated heterocycles. The summed E-state index contributed by atoms with van der Waals surface area (Å²) in [6, 6.07) is 0. The molecule has 6 rings (SSSR count). The minimum absolute atomic E-state index is 0.0167. The predicted octanol–water partition coefficient (Wildman–Crippen LogP) is 0.227. The van der Waals surface area contributed by atoms with E-state index in [0.29, 0.717) is 11.2 Å². The van der Waals surface area contributed by atoms with Crippen LogP contribution in [0.25, 0.3) is 22.3 Å². The van der Waals surface area contributed by atoms with E-state index in [-0.39, 0.29) is 42.4 Å². The third-order valence-corrected chi connectivity index (χ3v) is 8.10.